The van der Waals surface area contributed by atoms with Gasteiger partial charge in [0.1, 0.15) is 0 Å². The van der Waals surface area contributed by atoms with E-state index in [9.17, 15) is 4.79 Å². The van der Waals surface area contributed by atoms with Crippen LogP contribution < -0.4 is 5.32 Å². The van der Waals surface area contributed by atoms with Crippen molar-refractivity contribution in [2.75, 3.05) is 5.32 Å². The quantitative estimate of drug-likeness (QED) is 0.903. The fourth-order valence-corrected chi connectivity index (χ4v) is 4.18. The summed E-state index contributed by atoms with van der Waals surface area (Å²) in [6.45, 7) is 6.26. The van der Waals surface area contributed by atoms with Crippen molar-refractivity contribution in [2.24, 2.45) is 0 Å². The second kappa shape index (κ2) is 6.17. The molecule has 0 fully saturated rings. The second-order valence-corrected chi connectivity index (χ2v) is 7.12. The third-order valence-corrected chi connectivity index (χ3v) is 5.48. The minimum atomic E-state index is -0.0267. The maximum atomic E-state index is 12.7. The number of amides is 1. The van der Waals surface area contributed by atoms with E-state index in [2.05, 4.69) is 56.4 Å². The average Bonchev–Trinajstić information content (AvgIpc) is 2.92. The molecule has 1 heterocycles. The largest absolute Gasteiger partial charge is 0.325 e. The summed E-state index contributed by atoms with van der Waals surface area (Å²) in [4.78, 5) is 13.9. The topological polar surface area (TPSA) is 29.1 Å². The molecule has 3 heteroatoms. The van der Waals surface area contributed by atoms with Crippen molar-refractivity contribution in [3.8, 4) is 0 Å². The molecule has 0 radical (unpaired) electrons. The van der Waals surface area contributed by atoms with Crippen LogP contribution in [0.2, 0.25) is 0 Å². The van der Waals surface area contributed by atoms with Gasteiger partial charge in [-0.3, -0.25) is 4.79 Å². The number of carbonyl (C=O) groups is 1. The zero-order chi connectivity index (χ0) is 15.7. The molecule has 1 aliphatic rings. The van der Waals surface area contributed by atoms with Crippen LogP contribution in [-0.4, -0.2) is 11.2 Å². The average molecular weight is 311 g/mol. The number of fused-ring (bicyclic) bond motifs is 1. The van der Waals surface area contributed by atoms with E-state index in [0.29, 0.717) is 0 Å². The number of hydrogen-bond donors (Lipinski definition) is 1. The van der Waals surface area contributed by atoms with Crippen molar-refractivity contribution >= 4 is 23.4 Å². The Hall–Kier alpha value is -1.74. The molecular weight excluding hydrogens is 290 g/mol. The first kappa shape index (κ1) is 15.2. The maximum Gasteiger partial charge on any atom is 0.238 e. The standard InChI is InChI=1S/C19H21NOS/c1-4-14-7-5-6-13(3)18(14)20-19(21)17-11-15-9-8-12(2)10-16(15)22-17/h5-10,17H,4,11H2,1-3H3,(H,20,21). The Morgan fingerprint density at radius 3 is 2.86 bits per heavy atom. The van der Waals surface area contributed by atoms with Crippen LogP contribution in [-0.2, 0) is 17.6 Å². The predicted octanol–water partition coefficient (Wildman–Crippen LogP) is 4.52. The molecule has 1 aliphatic heterocycles. The van der Waals surface area contributed by atoms with Gasteiger partial charge in [-0.15, -0.1) is 11.8 Å². The molecule has 1 amide bonds. The Morgan fingerprint density at radius 1 is 1.27 bits per heavy atom. The molecule has 2 aromatic carbocycles. The molecule has 114 valence electrons. The normalized spacial score (nSPS) is 16.4. The Balaban J connectivity index is 1.77. The molecule has 0 saturated heterocycles. The second-order valence-electron chi connectivity index (χ2n) is 5.87. The molecule has 2 nitrogen and oxygen atoms in total. The molecule has 0 aliphatic carbocycles. The van der Waals surface area contributed by atoms with Gasteiger partial charge < -0.3 is 5.32 Å². The number of benzene rings is 2. The monoisotopic (exact) mass is 311 g/mol. The molecule has 1 N–H and O–H groups in total. The zero-order valence-electron chi connectivity index (χ0n) is 13.3. The summed E-state index contributed by atoms with van der Waals surface area (Å²) in [5.74, 6) is 0.114. The predicted molar refractivity (Wildman–Crippen MR) is 93.7 cm³/mol. The summed E-state index contributed by atoms with van der Waals surface area (Å²) in [5, 5.41) is 3.13. The molecule has 1 atom stereocenters. The fraction of sp³-hybridized carbons (Fsp3) is 0.316. The third kappa shape index (κ3) is 2.91. The Kier molecular flexibility index (Phi) is 4.25. The van der Waals surface area contributed by atoms with Gasteiger partial charge in [-0.2, -0.15) is 0 Å². The number of carbonyl (C=O) groups excluding carboxylic acids is 1. The van der Waals surface area contributed by atoms with Crippen LogP contribution in [0.4, 0.5) is 5.69 Å². The van der Waals surface area contributed by atoms with E-state index >= 15 is 0 Å². The number of nitrogens with one attached hydrogen (secondary N) is 1. The van der Waals surface area contributed by atoms with Crippen LogP contribution in [0.3, 0.4) is 0 Å². The first-order valence-corrected chi connectivity index (χ1v) is 8.62. The molecule has 1 unspecified atom stereocenters. The van der Waals surface area contributed by atoms with Crippen molar-refractivity contribution in [3.05, 3.63) is 58.7 Å². The number of rotatable bonds is 3. The molecule has 0 bridgehead atoms. The number of aryl methyl sites for hydroxylation is 3. The summed E-state index contributed by atoms with van der Waals surface area (Å²) in [5.41, 5.74) is 5.85. The highest BCUT2D eigenvalue weighted by Crippen LogP contribution is 2.38. The Morgan fingerprint density at radius 2 is 2.09 bits per heavy atom. The van der Waals surface area contributed by atoms with Crippen molar-refractivity contribution in [2.45, 2.75) is 43.8 Å². The van der Waals surface area contributed by atoms with Crippen LogP contribution in [0.5, 0.6) is 0 Å². The van der Waals surface area contributed by atoms with Gasteiger partial charge in [-0.05, 0) is 49.4 Å². The molecule has 22 heavy (non-hydrogen) atoms. The van der Waals surface area contributed by atoms with Gasteiger partial charge in [0.15, 0.2) is 0 Å². The van der Waals surface area contributed by atoms with Gasteiger partial charge in [-0.1, -0.05) is 42.8 Å². The number of hydrogen-bond acceptors (Lipinski definition) is 2. The van der Waals surface area contributed by atoms with Gasteiger partial charge in [-0.25, -0.2) is 0 Å². The molecule has 0 aromatic heterocycles. The number of para-hydroxylation sites is 1. The van der Waals surface area contributed by atoms with E-state index in [1.165, 1.54) is 21.6 Å². The highest BCUT2D eigenvalue weighted by molar-refractivity contribution is 8.01. The summed E-state index contributed by atoms with van der Waals surface area (Å²) in [6.07, 6.45) is 1.74. The first-order chi connectivity index (χ1) is 10.6. The molecule has 0 saturated carbocycles. The van der Waals surface area contributed by atoms with Crippen LogP contribution in [0.25, 0.3) is 0 Å². The highest BCUT2D eigenvalue weighted by Gasteiger charge is 2.28. The molecule has 3 rings (SSSR count). The Bertz CT molecular complexity index is 723. The molecular formula is C19H21NOS. The SMILES string of the molecule is CCc1cccc(C)c1NC(=O)C1Cc2ccc(C)cc2S1. The maximum absolute atomic E-state index is 12.7. The van der Waals surface area contributed by atoms with E-state index in [4.69, 9.17) is 0 Å². The smallest absolute Gasteiger partial charge is 0.238 e. The van der Waals surface area contributed by atoms with Gasteiger partial charge in [0.05, 0.1) is 5.25 Å². The van der Waals surface area contributed by atoms with Crippen molar-refractivity contribution < 1.29 is 4.79 Å². The van der Waals surface area contributed by atoms with Crippen LogP contribution in [0.15, 0.2) is 41.3 Å². The minimum Gasteiger partial charge on any atom is -0.325 e. The van der Waals surface area contributed by atoms with Crippen molar-refractivity contribution in [1.82, 2.24) is 0 Å². The van der Waals surface area contributed by atoms with E-state index in [1.807, 2.05) is 6.07 Å². The summed E-state index contributed by atoms with van der Waals surface area (Å²) >= 11 is 1.68. The van der Waals surface area contributed by atoms with Crippen molar-refractivity contribution in [3.63, 3.8) is 0 Å². The minimum absolute atomic E-state index is 0.0267. The highest BCUT2D eigenvalue weighted by atomic mass is 32.2. The fourth-order valence-electron chi connectivity index (χ4n) is 2.89. The summed E-state index contributed by atoms with van der Waals surface area (Å²) in [6, 6.07) is 12.6. The van der Waals surface area contributed by atoms with Crippen LogP contribution in [0.1, 0.15) is 29.2 Å². The number of anilines is 1. The lowest BCUT2D eigenvalue weighted by Gasteiger charge is -2.15. The van der Waals surface area contributed by atoms with E-state index in [-0.39, 0.29) is 11.2 Å². The van der Waals surface area contributed by atoms with Gasteiger partial charge in [0.25, 0.3) is 0 Å². The summed E-state index contributed by atoms with van der Waals surface area (Å²) in [7, 11) is 0. The lowest BCUT2D eigenvalue weighted by molar-refractivity contribution is -0.115. The van der Waals surface area contributed by atoms with E-state index < -0.39 is 0 Å². The lowest BCUT2D eigenvalue weighted by Crippen LogP contribution is -2.25. The van der Waals surface area contributed by atoms with Gasteiger partial charge in [0.2, 0.25) is 5.91 Å². The Labute approximate surface area is 136 Å². The first-order valence-electron chi connectivity index (χ1n) is 7.74. The van der Waals surface area contributed by atoms with Gasteiger partial charge in [0, 0.05) is 10.6 Å². The van der Waals surface area contributed by atoms with E-state index in [1.54, 1.807) is 11.8 Å². The van der Waals surface area contributed by atoms with E-state index in [0.717, 1.165) is 24.1 Å². The third-order valence-electron chi connectivity index (χ3n) is 4.18. The summed E-state index contributed by atoms with van der Waals surface area (Å²) < 4.78 is 0. The molecule has 2 aromatic rings. The van der Waals surface area contributed by atoms with Gasteiger partial charge >= 0.3 is 0 Å². The molecule has 0 spiro atoms. The van der Waals surface area contributed by atoms with Crippen LogP contribution >= 0.6 is 11.8 Å². The number of thioether (sulfide) groups is 1. The zero-order valence-corrected chi connectivity index (χ0v) is 14.1. The lowest BCUT2D eigenvalue weighted by atomic mass is 10.0. The van der Waals surface area contributed by atoms with Crippen LogP contribution in [0, 0.1) is 13.8 Å². The van der Waals surface area contributed by atoms with Crippen molar-refractivity contribution in [1.29, 1.82) is 0 Å².